The first-order valence-electron chi connectivity index (χ1n) is 3.57. The smallest absolute Gasteiger partial charge is 0.348 e. The number of thiophene rings is 1. The fourth-order valence-electron chi connectivity index (χ4n) is 0.877. The van der Waals surface area contributed by atoms with E-state index >= 15 is 0 Å². The Morgan fingerprint density at radius 2 is 2.46 bits per heavy atom. The van der Waals surface area contributed by atoms with Crippen LogP contribution in [0.5, 0.6) is 0 Å². The third-order valence-corrected chi connectivity index (χ3v) is 2.52. The maximum Gasteiger partial charge on any atom is 0.348 e. The Balaban J connectivity index is 2.74. The van der Waals surface area contributed by atoms with Crippen LogP contribution in [0.1, 0.15) is 15.2 Å². The molecule has 1 aromatic heterocycles. The van der Waals surface area contributed by atoms with E-state index in [4.69, 9.17) is 18.0 Å². The van der Waals surface area contributed by atoms with Gasteiger partial charge < -0.3 is 10.5 Å². The first kappa shape index (κ1) is 10.1. The molecule has 0 aliphatic rings. The normalized spacial score (nSPS) is 9.62. The monoisotopic (exact) mass is 215 g/mol. The zero-order chi connectivity index (χ0) is 9.84. The number of nitrogens with two attached hydrogens (primary N) is 1. The Bertz CT molecular complexity index is 333. The summed E-state index contributed by atoms with van der Waals surface area (Å²) < 4.78 is 4.56. The van der Waals surface area contributed by atoms with Crippen LogP contribution in [0.2, 0.25) is 0 Å². The van der Waals surface area contributed by atoms with E-state index in [1.165, 1.54) is 18.4 Å². The topological polar surface area (TPSA) is 52.3 Å². The lowest BCUT2D eigenvalue weighted by atomic mass is 10.2. The molecule has 0 spiro atoms. The van der Waals surface area contributed by atoms with Crippen molar-refractivity contribution in [3.8, 4) is 0 Å². The predicted octanol–water partition coefficient (Wildman–Crippen LogP) is 1.36. The van der Waals surface area contributed by atoms with Gasteiger partial charge in [-0.2, -0.15) is 0 Å². The number of rotatable bonds is 3. The Labute approximate surface area is 85.5 Å². The van der Waals surface area contributed by atoms with E-state index in [0.29, 0.717) is 16.3 Å². The van der Waals surface area contributed by atoms with E-state index in [-0.39, 0.29) is 5.97 Å². The lowest BCUT2D eigenvalue weighted by Gasteiger charge is -1.93. The van der Waals surface area contributed by atoms with Crippen molar-refractivity contribution >= 4 is 34.5 Å². The van der Waals surface area contributed by atoms with Gasteiger partial charge >= 0.3 is 5.97 Å². The van der Waals surface area contributed by atoms with E-state index in [2.05, 4.69) is 4.74 Å². The van der Waals surface area contributed by atoms with Crippen molar-refractivity contribution in [1.29, 1.82) is 0 Å². The van der Waals surface area contributed by atoms with Crippen LogP contribution in [0.3, 0.4) is 0 Å². The van der Waals surface area contributed by atoms with E-state index in [1.807, 2.05) is 5.38 Å². The molecule has 0 aliphatic carbocycles. The summed E-state index contributed by atoms with van der Waals surface area (Å²) in [6.07, 6.45) is 0.531. The predicted molar refractivity (Wildman–Crippen MR) is 56.1 cm³/mol. The fraction of sp³-hybridized carbons (Fsp3) is 0.250. The number of carbonyl (C=O) groups excluding carboxylic acids is 1. The second kappa shape index (κ2) is 4.34. The Hall–Kier alpha value is -0.940. The molecule has 0 unspecified atom stereocenters. The molecular weight excluding hydrogens is 206 g/mol. The SMILES string of the molecule is COC(=O)c1cc(CC(N)=S)cs1. The zero-order valence-electron chi connectivity index (χ0n) is 7.07. The van der Waals surface area contributed by atoms with E-state index in [1.54, 1.807) is 6.07 Å². The van der Waals surface area contributed by atoms with Gasteiger partial charge in [0, 0.05) is 6.42 Å². The van der Waals surface area contributed by atoms with Gasteiger partial charge in [-0.05, 0) is 17.0 Å². The standard InChI is InChI=1S/C8H9NO2S2/c1-11-8(10)6-2-5(4-13-6)3-7(9)12/h2,4H,3H2,1H3,(H2,9,12). The fourth-order valence-corrected chi connectivity index (χ4v) is 1.87. The van der Waals surface area contributed by atoms with Gasteiger partial charge in [-0.3, -0.25) is 0 Å². The summed E-state index contributed by atoms with van der Waals surface area (Å²) in [4.78, 5) is 12.0. The largest absolute Gasteiger partial charge is 0.465 e. The van der Waals surface area contributed by atoms with Crippen molar-refractivity contribution < 1.29 is 9.53 Å². The van der Waals surface area contributed by atoms with Gasteiger partial charge in [0.15, 0.2) is 0 Å². The highest BCUT2D eigenvalue weighted by molar-refractivity contribution is 7.80. The van der Waals surface area contributed by atoms with Gasteiger partial charge in [-0.15, -0.1) is 11.3 Å². The Morgan fingerprint density at radius 3 is 3.00 bits per heavy atom. The van der Waals surface area contributed by atoms with Gasteiger partial charge in [-0.1, -0.05) is 12.2 Å². The molecule has 0 saturated carbocycles. The summed E-state index contributed by atoms with van der Waals surface area (Å²) >= 11 is 6.08. The number of thiocarbonyl (C=S) groups is 1. The molecule has 3 nitrogen and oxygen atoms in total. The highest BCUT2D eigenvalue weighted by atomic mass is 32.1. The van der Waals surface area contributed by atoms with E-state index in [9.17, 15) is 4.79 Å². The second-order valence-corrected chi connectivity index (χ2v) is 3.89. The van der Waals surface area contributed by atoms with Crippen molar-refractivity contribution in [2.24, 2.45) is 5.73 Å². The maximum absolute atomic E-state index is 11.0. The third kappa shape index (κ3) is 2.78. The van der Waals surface area contributed by atoms with Crippen molar-refractivity contribution in [2.75, 3.05) is 7.11 Å². The summed E-state index contributed by atoms with van der Waals surface area (Å²) in [5.41, 5.74) is 6.32. The molecule has 1 rings (SSSR count). The van der Waals surface area contributed by atoms with E-state index in [0.717, 1.165) is 5.56 Å². The first-order valence-corrected chi connectivity index (χ1v) is 4.86. The van der Waals surface area contributed by atoms with E-state index < -0.39 is 0 Å². The van der Waals surface area contributed by atoms with Gasteiger partial charge in [0.25, 0.3) is 0 Å². The lowest BCUT2D eigenvalue weighted by molar-refractivity contribution is 0.0606. The van der Waals surface area contributed by atoms with Crippen molar-refractivity contribution in [2.45, 2.75) is 6.42 Å². The summed E-state index contributed by atoms with van der Waals surface area (Å²) in [5, 5.41) is 1.85. The molecule has 0 amide bonds. The van der Waals surface area contributed by atoms with Crippen LogP contribution in [0.15, 0.2) is 11.4 Å². The highest BCUT2D eigenvalue weighted by Crippen LogP contribution is 2.15. The van der Waals surface area contributed by atoms with Crippen LogP contribution < -0.4 is 5.73 Å². The minimum absolute atomic E-state index is 0.320. The first-order chi connectivity index (χ1) is 6.13. The summed E-state index contributed by atoms with van der Waals surface area (Å²) in [6, 6.07) is 1.75. The molecule has 13 heavy (non-hydrogen) atoms. The summed E-state index contributed by atoms with van der Waals surface area (Å²) in [5.74, 6) is -0.320. The average molecular weight is 215 g/mol. The minimum atomic E-state index is -0.320. The number of carbonyl (C=O) groups is 1. The summed E-state index contributed by atoms with van der Waals surface area (Å²) in [6.45, 7) is 0. The third-order valence-electron chi connectivity index (χ3n) is 1.42. The van der Waals surface area contributed by atoms with Crippen molar-refractivity contribution in [3.63, 3.8) is 0 Å². The molecule has 1 heterocycles. The zero-order valence-corrected chi connectivity index (χ0v) is 8.71. The van der Waals surface area contributed by atoms with Crippen LogP contribution in [-0.2, 0) is 11.2 Å². The van der Waals surface area contributed by atoms with Gasteiger partial charge in [0.1, 0.15) is 4.88 Å². The number of hydrogen-bond donors (Lipinski definition) is 1. The molecule has 5 heteroatoms. The van der Waals surface area contributed by atoms with Crippen molar-refractivity contribution in [3.05, 3.63) is 21.9 Å². The van der Waals surface area contributed by atoms with Crippen LogP contribution in [0.25, 0.3) is 0 Å². The molecule has 0 aromatic carbocycles. The molecule has 2 N–H and O–H groups in total. The molecule has 1 aromatic rings. The van der Waals surface area contributed by atoms with Crippen LogP contribution in [-0.4, -0.2) is 18.1 Å². The number of methoxy groups -OCH3 is 1. The molecule has 0 bridgehead atoms. The molecule has 0 fully saturated rings. The molecular formula is C8H9NO2S2. The minimum Gasteiger partial charge on any atom is -0.465 e. The molecule has 0 atom stereocenters. The Kier molecular flexibility index (Phi) is 3.39. The van der Waals surface area contributed by atoms with Gasteiger partial charge in [0.2, 0.25) is 0 Å². The highest BCUT2D eigenvalue weighted by Gasteiger charge is 2.08. The average Bonchev–Trinajstić information content (AvgIpc) is 2.50. The molecule has 0 aliphatic heterocycles. The maximum atomic E-state index is 11.0. The lowest BCUT2D eigenvalue weighted by Crippen LogP contribution is -2.10. The quantitative estimate of drug-likeness (QED) is 0.611. The number of esters is 1. The van der Waals surface area contributed by atoms with Crippen molar-refractivity contribution in [1.82, 2.24) is 0 Å². The van der Waals surface area contributed by atoms with Gasteiger partial charge in [-0.25, -0.2) is 4.79 Å². The van der Waals surface area contributed by atoms with Crippen LogP contribution in [0, 0.1) is 0 Å². The van der Waals surface area contributed by atoms with Gasteiger partial charge in [0.05, 0.1) is 12.1 Å². The second-order valence-electron chi connectivity index (χ2n) is 2.45. The summed E-state index contributed by atoms with van der Waals surface area (Å²) in [7, 11) is 1.36. The molecule has 70 valence electrons. The number of ether oxygens (including phenoxy) is 1. The molecule has 0 saturated heterocycles. The molecule has 0 radical (unpaired) electrons. The number of hydrogen-bond acceptors (Lipinski definition) is 4. The van der Waals surface area contributed by atoms with Crippen LogP contribution >= 0.6 is 23.6 Å². The Morgan fingerprint density at radius 1 is 1.77 bits per heavy atom. The van der Waals surface area contributed by atoms with Crippen LogP contribution in [0.4, 0.5) is 0 Å².